The number of aliphatic hydroxyl groups is 1. The standard InChI is InChI=1S/C22H26N6O/c1-22(2,29)8-4-16-12-19-17(13-25-16)18(15-6-10-27(3)11-7-15)14-28(19)20-5-9-24-21(23)26-20/h5,9,12-15,29H,6-7,10-11H2,1-3H3,(H2,23,24,26). The van der Waals surface area contributed by atoms with Gasteiger partial charge in [0.15, 0.2) is 0 Å². The number of rotatable bonds is 2. The highest BCUT2D eigenvalue weighted by atomic mass is 16.3. The van der Waals surface area contributed by atoms with E-state index >= 15 is 0 Å². The predicted octanol–water partition coefficient (Wildman–Crippen LogP) is 2.33. The van der Waals surface area contributed by atoms with Crippen molar-refractivity contribution >= 4 is 16.9 Å². The summed E-state index contributed by atoms with van der Waals surface area (Å²) in [7, 11) is 2.16. The number of nitrogen functional groups attached to an aromatic ring is 1. The molecule has 1 aliphatic rings. The van der Waals surface area contributed by atoms with E-state index in [0.717, 1.165) is 36.8 Å². The van der Waals surface area contributed by atoms with E-state index in [2.05, 4.69) is 44.9 Å². The summed E-state index contributed by atoms with van der Waals surface area (Å²) in [5.74, 6) is 7.23. The third kappa shape index (κ3) is 4.24. The molecule has 1 aliphatic heterocycles. The summed E-state index contributed by atoms with van der Waals surface area (Å²) in [6, 6.07) is 3.79. The number of piperidine rings is 1. The summed E-state index contributed by atoms with van der Waals surface area (Å²) in [5, 5.41) is 11.0. The molecule has 7 nitrogen and oxygen atoms in total. The average Bonchev–Trinajstić information content (AvgIpc) is 3.05. The predicted molar refractivity (Wildman–Crippen MR) is 114 cm³/mol. The van der Waals surface area contributed by atoms with Crippen LogP contribution in [0.1, 0.15) is 43.9 Å². The van der Waals surface area contributed by atoms with Crippen molar-refractivity contribution < 1.29 is 5.11 Å². The van der Waals surface area contributed by atoms with E-state index in [1.165, 1.54) is 5.56 Å². The van der Waals surface area contributed by atoms with E-state index < -0.39 is 5.60 Å². The van der Waals surface area contributed by atoms with Crippen molar-refractivity contribution in [1.29, 1.82) is 0 Å². The van der Waals surface area contributed by atoms with Gasteiger partial charge in [0, 0.05) is 24.0 Å². The minimum absolute atomic E-state index is 0.237. The second-order valence-electron chi connectivity index (χ2n) is 8.20. The van der Waals surface area contributed by atoms with Gasteiger partial charge in [-0.2, -0.15) is 4.98 Å². The molecule has 29 heavy (non-hydrogen) atoms. The molecule has 150 valence electrons. The van der Waals surface area contributed by atoms with Crippen LogP contribution in [0, 0.1) is 11.8 Å². The lowest BCUT2D eigenvalue weighted by molar-refractivity contribution is 0.143. The molecular formula is C22H26N6O. The summed E-state index contributed by atoms with van der Waals surface area (Å²) in [4.78, 5) is 15.3. The lowest BCUT2D eigenvalue weighted by atomic mass is 9.90. The zero-order valence-electron chi connectivity index (χ0n) is 17.1. The molecule has 0 radical (unpaired) electrons. The van der Waals surface area contributed by atoms with Crippen LogP contribution in [-0.4, -0.2) is 55.3 Å². The van der Waals surface area contributed by atoms with Crippen LogP contribution in [-0.2, 0) is 0 Å². The third-order valence-corrected chi connectivity index (χ3v) is 5.28. The highest BCUT2D eigenvalue weighted by Crippen LogP contribution is 2.35. The smallest absolute Gasteiger partial charge is 0.221 e. The molecule has 4 rings (SSSR count). The molecule has 1 saturated heterocycles. The molecule has 3 aromatic heterocycles. The van der Waals surface area contributed by atoms with Gasteiger partial charge in [0.2, 0.25) is 5.95 Å². The van der Waals surface area contributed by atoms with E-state index in [-0.39, 0.29) is 5.95 Å². The van der Waals surface area contributed by atoms with Gasteiger partial charge >= 0.3 is 0 Å². The molecule has 0 bridgehead atoms. The Balaban J connectivity index is 1.85. The van der Waals surface area contributed by atoms with Gasteiger partial charge in [-0.1, -0.05) is 5.92 Å². The molecule has 0 atom stereocenters. The summed E-state index contributed by atoms with van der Waals surface area (Å²) in [6.07, 6.45) is 7.92. The molecule has 0 aliphatic carbocycles. The molecule has 0 aromatic carbocycles. The molecule has 1 fully saturated rings. The van der Waals surface area contributed by atoms with E-state index in [0.29, 0.717) is 17.4 Å². The Morgan fingerprint density at radius 2 is 2.00 bits per heavy atom. The fourth-order valence-electron chi connectivity index (χ4n) is 3.76. The number of nitrogens with zero attached hydrogens (tertiary/aromatic N) is 5. The number of hydrogen-bond acceptors (Lipinski definition) is 6. The van der Waals surface area contributed by atoms with Crippen molar-refractivity contribution in [3.05, 3.63) is 42.0 Å². The van der Waals surface area contributed by atoms with Crippen molar-refractivity contribution in [2.75, 3.05) is 25.9 Å². The van der Waals surface area contributed by atoms with Crippen molar-refractivity contribution in [2.45, 2.75) is 38.2 Å². The van der Waals surface area contributed by atoms with E-state index in [1.807, 2.05) is 22.9 Å². The maximum Gasteiger partial charge on any atom is 0.221 e. The number of hydrogen-bond donors (Lipinski definition) is 2. The fourth-order valence-corrected chi connectivity index (χ4v) is 3.76. The molecule has 4 heterocycles. The van der Waals surface area contributed by atoms with Gasteiger partial charge < -0.3 is 20.3 Å². The monoisotopic (exact) mass is 390 g/mol. The summed E-state index contributed by atoms with van der Waals surface area (Å²) in [6.45, 7) is 5.48. The highest BCUT2D eigenvalue weighted by Gasteiger charge is 2.23. The number of fused-ring (bicyclic) bond motifs is 1. The van der Waals surface area contributed by atoms with E-state index in [4.69, 9.17) is 5.73 Å². The maximum atomic E-state index is 9.91. The Kier molecular flexibility index (Phi) is 4.99. The van der Waals surface area contributed by atoms with Crippen LogP contribution in [0.15, 0.2) is 30.7 Å². The van der Waals surface area contributed by atoms with E-state index in [1.54, 1.807) is 20.0 Å². The van der Waals surface area contributed by atoms with Crippen LogP contribution >= 0.6 is 0 Å². The molecule has 0 amide bonds. The number of pyridine rings is 1. The Morgan fingerprint density at radius 1 is 1.24 bits per heavy atom. The normalized spacial score (nSPS) is 16.0. The number of aromatic nitrogens is 4. The molecule has 3 aromatic rings. The molecular weight excluding hydrogens is 364 g/mol. The first-order valence-electron chi connectivity index (χ1n) is 9.84. The Labute approximate surface area is 170 Å². The van der Waals surface area contributed by atoms with Gasteiger partial charge in [0.05, 0.1) is 5.52 Å². The van der Waals surface area contributed by atoms with Gasteiger partial charge in [0.25, 0.3) is 0 Å². The third-order valence-electron chi connectivity index (χ3n) is 5.28. The number of anilines is 1. The Hall–Kier alpha value is -2.95. The molecule has 0 unspecified atom stereocenters. The topological polar surface area (TPSA) is 93.1 Å². The summed E-state index contributed by atoms with van der Waals surface area (Å²) in [5.41, 5.74) is 7.62. The van der Waals surface area contributed by atoms with Crippen LogP contribution in [0.2, 0.25) is 0 Å². The fraction of sp³-hybridized carbons (Fsp3) is 0.409. The molecule has 0 saturated carbocycles. The SMILES string of the molecule is CN1CCC(c2cn(-c3ccnc(N)n3)c3cc(C#CC(C)(C)O)ncc23)CC1. The van der Waals surface area contributed by atoms with Gasteiger partial charge in [-0.05, 0) is 76.4 Å². The summed E-state index contributed by atoms with van der Waals surface area (Å²) < 4.78 is 2.04. The lowest BCUT2D eigenvalue weighted by Gasteiger charge is -2.28. The van der Waals surface area contributed by atoms with Crippen LogP contribution in [0.5, 0.6) is 0 Å². The second-order valence-corrected chi connectivity index (χ2v) is 8.20. The lowest BCUT2D eigenvalue weighted by Crippen LogP contribution is -2.29. The van der Waals surface area contributed by atoms with Crippen molar-refractivity contribution in [2.24, 2.45) is 0 Å². The zero-order chi connectivity index (χ0) is 20.6. The minimum Gasteiger partial charge on any atom is -0.378 e. The van der Waals surface area contributed by atoms with E-state index in [9.17, 15) is 5.11 Å². The van der Waals surface area contributed by atoms with Gasteiger partial charge in [-0.3, -0.25) is 0 Å². The largest absolute Gasteiger partial charge is 0.378 e. The molecule has 3 N–H and O–H groups in total. The van der Waals surface area contributed by atoms with Crippen LogP contribution in [0.4, 0.5) is 5.95 Å². The molecule has 0 spiro atoms. The second kappa shape index (κ2) is 7.47. The Morgan fingerprint density at radius 3 is 2.69 bits per heavy atom. The van der Waals surface area contributed by atoms with Crippen molar-refractivity contribution in [3.63, 3.8) is 0 Å². The Bertz CT molecular complexity index is 1090. The maximum absolute atomic E-state index is 9.91. The van der Waals surface area contributed by atoms with Gasteiger partial charge in [-0.25, -0.2) is 9.97 Å². The first-order valence-corrected chi connectivity index (χ1v) is 9.84. The van der Waals surface area contributed by atoms with Crippen LogP contribution in [0.25, 0.3) is 16.7 Å². The van der Waals surface area contributed by atoms with Crippen molar-refractivity contribution in [3.8, 4) is 17.7 Å². The average molecular weight is 390 g/mol. The quantitative estimate of drug-likeness (QED) is 0.653. The van der Waals surface area contributed by atoms with Crippen molar-refractivity contribution in [1.82, 2.24) is 24.4 Å². The minimum atomic E-state index is -1.07. The zero-order valence-corrected chi connectivity index (χ0v) is 17.1. The van der Waals surface area contributed by atoms with Gasteiger partial charge in [0.1, 0.15) is 17.1 Å². The first kappa shape index (κ1) is 19.4. The van der Waals surface area contributed by atoms with Gasteiger partial charge in [-0.15, -0.1) is 0 Å². The highest BCUT2D eigenvalue weighted by molar-refractivity contribution is 5.86. The summed E-state index contributed by atoms with van der Waals surface area (Å²) >= 11 is 0. The molecule has 7 heteroatoms. The number of nitrogens with two attached hydrogens (primary N) is 1. The number of likely N-dealkylation sites (tertiary alicyclic amines) is 1. The first-order chi connectivity index (χ1) is 13.8. The van der Waals surface area contributed by atoms with Crippen LogP contribution in [0.3, 0.4) is 0 Å². The van der Waals surface area contributed by atoms with Crippen LogP contribution < -0.4 is 5.73 Å².